The van der Waals surface area contributed by atoms with Crippen molar-refractivity contribution in [3.05, 3.63) is 28.7 Å². The lowest BCUT2D eigenvalue weighted by atomic mass is 9.80. The maximum absolute atomic E-state index is 13.5. The molecule has 52 heavy (non-hydrogen) atoms. The van der Waals surface area contributed by atoms with Crippen LogP contribution in [-0.4, -0.2) is 94.0 Å². The number of ether oxygens (including phenoxy) is 6. The van der Waals surface area contributed by atoms with Crippen LogP contribution in [0.5, 0.6) is 11.5 Å². The maximum Gasteiger partial charge on any atom is 0.414 e. The van der Waals surface area contributed by atoms with Gasteiger partial charge in [-0.2, -0.15) is 0 Å². The summed E-state index contributed by atoms with van der Waals surface area (Å²) in [6.45, 7) is 11.8. The molecule has 3 N–H and O–H groups in total. The van der Waals surface area contributed by atoms with Crippen molar-refractivity contribution in [1.29, 1.82) is 0 Å². The van der Waals surface area contributed by atoms with Crippen LogP contribution in [0.3, 0.4) is 0 Å². The molecule has 3 amide bonds. The van der Waals surface area contributed by atoms with E-state index < -0.39 is 53.8 Å². The van der Waals surface area contributed by atoms with Gasteiger partial charge in [-0.15, -0.1) is 4.91 Å². The molecule has 0 radical (unpaired) electrons. The molecule has 3 rings (SSSR count). The number of benzene rings is 1. The Hall–Kier alpha value is -3.98. The van der Waals surface area contributed by atoms with Gasteiger partial charge in [-0.1, -0.05) is 38.9 Å². The minimum atomic E-state index is -1.39. The number of methoxy groups -OCH3 is 2. The minimum absolute atomic E-state index is 0.0492. The molecule has 0 unspecified atom stereocenters. The number of nitrogens with zero attached hydrogens (tertiary/aromatic N) is 2. The summed E-state index contributed by atoms with van der Waals surface area (Å²) in [6, 6.07) is 5.34. The number of hydrogen-bond donors (Lipinski definition) is 2. The average molecular weight is 735 g/mol. The Morgan fingerprint density at radius 1 is 1.04 bits per heavy atom. The molecule has 0 bridgehead atoms. The smallest absolute Gasteiger partial charge is 0.414 e. The van der Waals surface area contributed by atoms with Gasteiger partial charge in [0.25, 0.3) is 0 Å². The molecule has 292 valence electrons. The van der Waals surface area contributed by atoms with E-state index in [4.69, 9.17) is 34.2 Å². The van der Waals surface area contributed by atoms with Crippen molar-refractivity contribution in [2.45, 2.75) is 97.8 Å². The second-order valence-corrected chi connectivity index (χ2v) is 15.1. The Labute approximate surface area is 306 Å². The molecule has 0 spiro atoms. The molecule has 2 fully saturated rings. The molecule has 1 aromatic rings. The maximum atomic E-state index is 13.5. The van der Waals surface area contributed by atoms with Gasteiger partial charge in [0.1, 0.15) is 6.73 Å². The molecular formula is C37H58N4O11. The lowest BCUT2D eigenvalue weighted by molar-refractivity contribution is -0.155. The summed E-state index contributed by atoms with van der Waals surface area (Å²) >= 11 is 0. The summed E-state index contributed by atoms with van der Waals surface area (Å²) in [4.78, 5) is 63.7. The molecule has 1 heterocycles. The SMILES string of the molecule is COCCCOc1cc(C[C@@H](C[C@H]2[C@H](C[C@H](C(=O)NCC(C)(C)C(N)=O)C(C)C)OCN2C(=O)OCOC(=O)C2(N=O)CC2)C(C)C)ccc1OC. The second kappa shape index (κ2) is 19.2. The lowest BCUT2D eigenvalue weighted by Gasteiger charge is -2.33. The number of amides is 3. The Kier molecular flexibility index (Phi) is 15.7. The minimum Gasteiger partial charge on any atom is -0.493 e. The fraction of sp³-hybridized carbons (Fsp3) is 0.730. The quantitative estimate of drug-likeness (QED) is 0.0734. The number of nitrogens with two attached hydrogens (primary N) is 1. The molecule has 1 saturated carbocycles. The summed E-state index contributed by atoms with van der Waals surface area (Å²) in [5.41, 5.74) is 4.22. The fourth-order valence-corrected chi connectivity index (χ4v) is 6.09. The highest BCUT2D eigenvalue weighted by molar-refractivity contribution is 5.84. The molecule has 2 aliphatic rings. The zero-order chi connectivity index (χ0) is 38.6. The highest BCUT2D eigenvalue weighted by Crippen LogP contribution is 2.41. The largest absolute Gasteiger partial charge is 0.493 e. The van der Waals surface area contributed by atoms with Gasteiger partial charge in [0.05, 0.1) is 31.3 Å². The van der Waals surface area contributed by atoms with Crippen molar-refractivity contribution < 1.29 is 47.6 Å². The number of rotatable bonds is 22. The molecule has 15 heteroatoms. The van der Waals surface area contributed by atoms with E-state index in [9.17, 15) is 24.1 Å². The zero-order valence-corrected chi connectivity index (χ0v) is 31.9. The number of primary amides is 1. The summed E-state index contributed by atoms with van der Waals surface area (Å²) in [5, 5.41) is 5.76. The molecule has 4 atom stereocenters. The van der Waals surface area contributed by atoms with Crippen LogP contribution >= 0.6 is 0 Å². The summed E-state index contributed by atoms with van der Waals surface area (Å²) in [5.74, 6) is -0.710. The van der Waals surface area contributed by atoms with E-state index >= 15 is 0 Å². The molecule has 1 saturated heterocycles. The van der Waals surface area contributed by atoms with Crippen molar-refractivity contribution in [1.82, 2.24) is 10.2 Å². The molecular weight excluding hydrogens is 676 g/mol. The molecule has 1 aromatic carbocycles. The highest BCUT2D eigenvalue weighted by Gasteiger charge is 2.54. The van der Waals surface area contributed by atoms with Crippen LogP contribution in [0.4, 0.5) is 4.79 Å². The number of nitroso groups, excluding NO2 is 1. The molecule has 15 nitrogen and oxygen atoms in total. The van der Waals surface area contributed by atoms with Crippen LogP contribution in [-0.2, 0) is 39.8 Å². The first-order valence-electron chi connectivity index (χ1n) is 18.0. The lowest BCUT2D eigenvalue weighted by Crippen LogP contribution is -2.47. The monoisotopic (exact) mass is 734 g/mol. The third kappa shape index (κ3) is 11.5. The number of hydrogen-bond acceptors (Lipinski definition) is 12. The summed E-state index contributed by atoms with van der Waals surface area (Å²) in [7, 11) is 3.24. The molecule has 1 aliphatic heterocycles. The Morgan fingerprint density at radius 2 is 1.75 bits per heavy atom. The van der Waals surface area contributed by atoms with E-state index in [1.54, 1.807) is 28.1 Å². The van der Waals surface area contributed by atoms with E-state index in [0.29, 0.717) is 56.8 Å². The van der Waals surface area contributed by atoms with Crippen molar-refractivity contribution >= 4 is 23.9 Å². The van der Waals surface area contributed by atoms with Gasteiger partial charge in [-0.25, -0.2) is 9.59 Å². The number of nitrogens with one attached hydrogen (secondary N) is 1. The average Bonchev–Trinajstić information content (AvgIpc) is 3.81. The van der Waals surface area contributed by atoms with Crippen molar-refractivity contribution in [2.75, 3.05) is 47.5 Å². The van der Waals surface area contributed by atoms with Gasteiger partial charge in [-0.3, -0.25) is 14.5 Å². The highest BCUT2D eigenvalue weighted by atomic mass is 16.7. The van der Waals surface area contributed by atoms with Crippen LogP contribution < -0.4 is 20.5 Å². The van der Waals surface area contributed by atoms with Crippen LogP contribution in [0.1, 0.15) is 79.2 Å². The van der Waals surface area contributed by atoms with Gasteiger partial charge in [0.15, 0.2) is 17.0 Å². The first kappa shape index (κ1) is 42.4. The fourth-order valence-electron chi connectivity index (χ4n) is 6.09. The van der Waals surface area contributed by atoms with Gasteiger partial charge in [0, 0.05) is 32.6 Å². The Bertz CT molecular complexity index is 1380. The van der Waals surface area contributed by atoms with Crippen LogP contribution in [0.2, 0.25) is 0 Å². The standard InChI is InChI=1S/C37H58N4O11/c1-23(2)26(16-25-10-11-29(48-8)31(17-25)49-15-9-14-47-7)18-28-30(19-27(24(3)4)32(42)39-20-36(5,6)33(38)43)50-21-41(28)35(45)52-22-51-34(44)37(40-46)12-13-37/h10-11,17,23-24,26-28,30H,9,12-16,18-22H2,1-8H3,(H2,38,43)(H,39,42)/t26-,27-,28-,30-/m0/s1. The van der Waals surface area contributed by atoms with E-state index in [-0.39, 0.29) is 36.9 Å². The van der Waals surface area contributed by atoms with Crippen molar-refractivity contribution in [3.63, 3.8) is 0 Å². The third-order valence-electron chi connectivity index (χ3n) is 10.1. The van der Waals surface area contributed by atoms with E-state index in [2.05, 4.69) is 24.3 Å². The Balaban J connectivity index is 1.83. The van der Waals surface area contributed by atoms with Gasteiger partial charge in [0.2, 0.25) is 18.6 Å². The number of carbonyl (C=O) groups excluding carboxylic acids is 4. The van der Waals surface area contributed by atoms with Crippen molar-refractivity contribution in [3.8, 4) is 11.5 Å². The third-order valence-corrected chi connectivity index (χ3v) is 10.1. The van der Waals surface area contributed by atoms with Crippen LogP contribution in [0.25, 0.3) is 0 Å². The second-order valence-electron chi connectivity index (χ2n) is 15.1. The van der Waals surface area contributed by atoms with Crippen LogP contribution in [0, 0.1) is 34.0 Å². The van der Waals surface area contributed by atoms with E-state index in [1.165, 1.54) is 4.90 Å². The zero-order valence-electron chi connectivity index (χ0n) is 31.9. The summed E-state index contributed by atoms with van der Waals surface area (Å²) in [6.07, 6.45) is 1.47. The molecule has 0 aromatic heterocycles. The predicted octanol–water partition coefficient (Wildman–Crippen LogP) is 4.57. The first-order chi connectivity index (χ1) is 24.6. The van der Waals surface area contributed by atoms with Gasteiger partial charge in [-0.05, 0) is 81.4 Å². The topological polar surface area (TPSA) is 194 Å². The number of carbonyl (C=O) groups is 4. The van der Waals surface area contributed by atoms with Gasteiger partial charge < -0.3 is 39.5 Å². The number of esters is 1. The Morgan fingerprint density at radius 3 is 2.33 bits per heavy atom. The van der Waals surface area contributed by atoms with E-state index in [0.717, 1.165) is 12.0 Å². The van der Waals surface area contributed by atoms with Gasteiger partial charge >= 0.3 is 12.1 Å². The predicted molar refractivity (Wildman–Crippen MR) is 191 cm³/mol. The normalized spacial score (nSPS) is 19.2. The first-order valence-corrected chi connectivity index (χ1v) is 18.0. The van der Waals surface area contributed by atoms with E-state index in [1.807, 2.05) is 32.0 Å². The van der Waals surface area contributed by atoms with Crippen molar-refractivity contribution in [2.24, 2.45) is 40.0 Å². The summed E-state index contributed by atoms with van der Waals surface area (Å²) < 4.78 is 33.3. The van der Waals surface area contributed by atoms with Crippen LogP contribution in [0.15, 0.2) is 23.4 Å². The molecule has 1 aliphatic carbocycles.